The van der Waals surface area contributed by atoms with E-state index in [1.54, 1.807) is 19.5 Å². The summed E-state index contributed by atoms with van der Waals surface area (Å²) in [4.78, 5) is 15.2. The summed E-state index contributed by atoms with van der Waals surface area (Å²) in [6.07, 6.45) is 6.19. The van der Waals surface area contributed by atoms with Crippen LogP contribution in [0.1, 0.15) is 5.56 Å². The van der Waals surface area contributed by atoms with Gasteiger partial charge in [0.1, 0.15) is 5.82 Å². The van der Waals surface area contributed by atoms with Gasteiger partial charge in [0.25, 0.3) is 0 Å². The van der Waals surface area contributed by atoms with Gasteiger partial charge in [0.05, 0.1) is 19.5 Å². The average molecular weight is 242 g/mol. The monoisotopic (exact) mass is 242 g/mol. The van der Waals surface area contributed by atoms with Crippen molar-refractivity contribution < 1.29 is 4.74 Å². The third-order valence-electron chi connectivity index (χ3n) is 3.14. The van der Waals surface area contributed by atoms with Crippen molar-refractivity contribution in [3.8, 4) is 17.1 Å². The fraction of sp³-hybridized carbons (Fsp3) is 0.308. The van der Waals surface area contributed by atoms with E-state index < -0.39 is 0 Å². The van der Waals surface area contributed by atoms with Gasteiger partial charge in [-0.3, -0.25) is 0 Å². The minimum atomic E-state index is 0.660. The number of nitrogens with zero attached hydrogens (tertiary/aromatic N) is 4. The van der Waals surface area contributed by atoms with Crippen LogP contribution < -0.4 is 9.64 Å². The molecular formula is C13H14N4O. The summed E-state index contributed by atoms with van der Waals surface area (Å²) in [6, 6.07) is 2.12. The van der Waals surface area contributed by atoms with E-state index in [4.69, 9.17) is 4.74 Å². The second kappa shape index (κ2) is 4.25. The third-order valence-corrected chi connectivity index (χ3v) is 3.14. The highest BCUT2D eigenvalue weighted by Gasteiger charge is 2.18. The molecule has 0 N–H and O–H groups in total. The summed E-state index contributed by atoms with van der Waals surface area (Å²) in [5.74, 6) is 2.40. The predicted octanol–water partition coefficient (Wildman–Crippen LogP) is 1.54. The quantitative estimate of drug-likeness (QED) is 0.799. The number of pyridine rings is 1. The molecule has 0 spiro atoms. The van der Waals surface area contributed by atoms with Gasteiger partial charge in [-0.2, -0.15) is 0 Å². The highest BCUT2D eigenvalue weighted by Crippen LogP contribution is 2.27. The fourth-order valence-corrected chi connectivity index (χ4v) is 2.12. The number of likely N-dealkylation sites (N-methyl/N-ethyl adjacent to an activating group) is 1. The summed E-state index contributed by atoms with van der Waals surface area (Å²) in [6.45, 7) is 1.02. The van der Waals surface area contributed by atoms with Gasteiger partial charge in [0, 0.05) is 25.4 Å². The predicted molar refractivity (Wildman–Crippen MR) is 68.8 cm³/mol. The van der Waals surface area contributed by atoms with E-state index in [-0.39, 0.29) is 0 Å². The summed E-state index contributed by atoms with van der Waals surface area (Å²) < 4.78 is 5.05. The summed E-state index contributed by atoms with van der Waals surface area (Å²) in [5, 5.41) is 0. The maximum Gasteiger partial charge on any atom is 0.160 e. The maximum atomic E-state index is 5.05. The Hall–Kier alpha value is -2.17. The fourth-order valence-electron chi connectivity index (χ4n) is 2.12. The van der Waals surface area contributed by atoms with Gasteiger partial charge in [-0.25, -0.2) is 15.0 Å². The van der Waals surface area contributed by atoms with E-state index in [0.29, 0.717) is 11.6 Å². The Balaban J connectivity index is 1.97. The molecule has 18 heavy (non-hydrogen) atoms. The lowest BCUT2D eigenvalue weighted by Gasteiger charge is -2.10. The minimum absolute atomic E-state index is 0.660. The van der Waals surface area contributed by atoms with Crippen molar-refractivity contribution >= 4 is 5.82 Å². The molecule has 92 valence electrons. The number of anilines is 1. The first kappa shape index (κ1) is 11.0. The van der Waals surface area contributed by atoms with Crippen molar-refractivity contribution in [2.75, 3.05) is 25.6 Å². The molecule has 0 bridgehead atoms. The van der Waals surface area contributed by atoms with Crippen LogP contribution in [0.3, 0.4) is 0 Å². The topological polar surface area (TPSA) is 51.1 Å². The van der Waals surface area contributed by atoms with Crippen molar-refractivity contribution in [1.29, 1.82) is 0 Å². The first-order chi connectivity index (χ1) is 8.78. The molecule has 0 aromatic carbocycles. The lowest BCUT2D eigenvalue weighted by molar-refractivity contribution is 0.411. The second-order valence-electron chi connectivity index (χ2n) is 4.32. The van der Waals surface area contributed by atoms with Crippen LogP contribution in [0.25, 0.3) is 11.4 Å². The lowest BCUT2D eigenvalue weighted by Crippen LogP contribution is -2.13. The summed E-state index contributed by atoms with van der Waals surface area (Å²) in [7, 11) is 3.66. The van der Waals surface area contributed by atoms with Crippen LogP contribution in [0.15, 0.2) is 24.7 Å². The zero-order chi connectivity index (χ0) is 12.5. The van der Waals surface area contributed by atoms with Crippen LogP contribution >= 0.6 is 0 Å². The first-order valence-electron chi connectivity index (χ1n) is 5.84. The van der Waals surface area contributed by atoms with Crippen LogP contribution in [0, 0.1) is 0 Å². The Morgan fingerprint density at radius 3 is 2.67 bits per heavy atom. The molecule has 0 saturated heterocycles. The largest absolute Gasteiger partial charge is 0.494 e. The Kier molecular flexibility index (Phi) is 2.59. The smallest absolute Gasteiger partial charge is 0.160 e. The molecule has 0 aliphatic carbocycles. The van der Waals surface area contributed by atoms with E-state index in [9.17, 15) is 0 Å². The van der Waals surface area contributed by atoms with Gasteiger partial charge >= 0.3 is 0 Å². The zero-order valence-corrected chi connectivity index (χ0v) is 10.4. The van der Waals surface area contributed by atoms with E-state index in [2.05, 4.69) is 33.0 Å². The maximum absolute atomic E-state index is 5.05. The first-order valence-corrected chi connectivity index (χ1v) is 5.84. The average Bonchev–Trinajstić information content (AvgIpc) is 2.80. The molecule has 3 rings (SSSR count). The van der Waals surface area contributed by atoms with Gasteiger partial charge in [-0.1, -0.05) is 0 Å². The molecular weight excluding hydrogens is 228 g/mol. The van der Waals surface area contributed by atoms with Gasteiger partial charge in [0.2, 0.25) is 0 Å². The van der Waals surface area contributed by atoms with Crippen molar-refractivity contribution in [3.05, 3.63) is 30.2 Å². The molecule has 0 amide bonds. The Morgan fingerprint density at radius 2 is 1.94 bits per heavy atom. The van der Waals surface area contributed by atoms with Crippen LogP contribution in [-0.4, -0.2) is 35.7 Å². The zero-order valence-electron chi connectivity index (χ0n) is 10.4. The third kappa shape index (κ3) is 1.77. The van der Waals surface area contributed by atoms with Crippen molar-refractivity contribution in [1.82, 2.24) is 15.0 Å². The highest BCUT2D eigenvalue weighted by atomic mass is 16.5. The van der Waals surface area contributed by atoms with E-state index in [1.807, 2.05) is 6.20 Å². The number of hydrogen-bond acceptors (Lipinski definition) is 5. The number of methoxy groups -OCH3 is 1. The molecule has 2 aromatic heterocycles. The molecule has 0 atom stereocenters. The van der Waals surface area contributed by atoms with Gasteiger partial charge < -0.3 is 9.64 Å². The van der Waals surface area contributed by atoms with Crippen molar-refractivity contribution in [2.24, 2.45) is 0 Å². The molecule has 0 saturated carbocycles. The normalized spacial score (nSPS) is 13.6. The Morgan fingerprint density at radius 1 is 1.17 bits per heavy atom. The highest BCUT2D eigenvalue weighted by molar-refractivity contribution is 5.62. The van der Waals surface area contributed by atoms with Gasteiger partial charge in [-0.05, 0) is 18.1 Å². The Bertz CT molecular complexity index is 568. The minimum Gasteiger partial charge on any atom is -0.494 e. The van der Waals surface area contributed by atoms with Crippen LogP contribution in [0.4, 0.5) is 5.82 Å². The molecule has 5 heteroatoms. The number of fused-ring (bicyclic) bond motifs is 1. The van der Waals surface area contributed by atoms with E-state index in [1.165, 1.54) is 5.56 Å². The molecule has 2 aromatic rings. The molecule has 1 aliphatic rings. The van der Waals surface area contributed by atoms with Crippen molar-refractivity contribution in [3.63, 3.8) is 0 Å². The number of aromatic nitrogens is 3. The standard InChI is InChI=1S/C13H14N4O/c1-17-4-3-9-5-10(6-16-13(9)17)12-14-7-11(18-2)8-15-12/h5-8H,3-4H2,1-2H3. The van der Waals surface area contributed by atoms with Crippen molar-refractivity contribution in [2.45, 2.75) is 6.42 Å². The summed E-state index contributed by atoms with van der Waals surface area (Å²) in [5.41, 5.74) is 2.21. The molecule has 0 fully saturated rings. The number of ether oxygens (including phenoxy) is 1. The Labute approximate surface area is 105 Å². The second-order valence-corrected chi connectivity index (χ2v) is 4.32. The van der Waals surface area contributed by atoms with E-state index in [0.717, 1.165) is 24.3 Å². The van der Waals surface area contributed by atoms with Crippen LogP contribution in [-0.2, 0) is 6.42 Å². The summed E-state index contributed by atoms with van der Waals surface area (Å²) >= 11 is 0. The molecule has 5 nitrogen and oxygen atoms in total. The molecule has 1 aliphatic heterocycles. The molecule has 0 unspecified atom stereocenters. The molecule has 3 heterocycles. The van der Waals surface area contributed by atoms with Crippen LogP contribution in [0.5, 0.6) is 5.75 Å². The number of hydrogen-bond donors (Lipinski definition) is 0. The molecule has 0 radical (unpaired) electrons. The SMILES string of the molecule is COc1cnc(-c2cnc3c(c2)CCN3C)nc1. The lowest BCUT2D eigenvalue weighted by atomic mass is 10.1. The van der Waals surface area contributed by atoms with Gasteiger partial charge in [-0.15, -0.1) is 0 Å². The van der Waals surface area contributed by atoms with Gasteiger partial charge in [0.15, 0.2) is 11.6 Å². The number of rotatable bonds is 2. The van der Waals surface area contributed by atoms with Crippen LogP contribution in [0.2, 0.25) is 0 Å². The van der Waals surface area contributed by atoms with E-state index >= 15 is 0 Å².